The molecule has 1 unspecified atom stereocenters. The first-order valence-electron chi connectivity index (χ1n) is 5.75. The maximum absolute atomic E-state index is 12.6. The van der Waals surface area contributed by atoms with Crippen LogP contribution >= 0.6 is 27.5 Å². The molecule has 1 aromatic carbocycles. The van der Waals surface area contributed by atoms with Gasteiger partial charge in [-0.1, -0.05) is 11.6 Å². The van der Waals surface area contributed by atoms with E-state index in [1.54, 1.807) is 0 Å². The first kappa shape index (κ1) is 15.1. The Morgan fingerprint density at radius 3 is 2.84 bits per heavy atom. The molecular weight excluding hydrogens is 356 g/mol. The van der Waals surface area contributed by atoms with Gasteiger partial charge in [0.1, 0.15) is 0 Å². The van der Waals surface area contributed by atoms with Gasteiger partial charge in [0.05, 0.1) is 16.0 Å². The van der Waals surface area contributed by atoms with Crippen molar-refractivity contribution in [3.63, 3.8) is 0 Å². The summed E-state index contributed by atoms with van der Waals surface area (Å²) in [5.74, 6) is 0. The summed E-state index contributed by atoms with van der Waals surface area (Å²) in [5, 5.41) is 9.52. The van der Waals surface area contributed by atoms with Crippen LogP contribution in [0, 0.1) is 0 Å². The smallest absolute Gasteiger partial charge is 0.244 e. The van der Waals surface area contributed by atoms with Gasteiger partial charge in [-0.3, -0.25) is 0 Å². The molecule has 0 spiro atoms. The van der Waals surface area contributed by atoms with Crippen LogP contribution in [0.1, 0.15) is 12.8 Å². The van der Waals surface area contributed by atoms with Crippen molar-refractivity contribution in [2.75, 3.05) is 18.9 Å². The predicted molar refractivity (Wildman–Crippen MR) is 77.6 cm³/mol. The Morgan fingerprint density at radius 1 is 1.53 bits per heavy atom. The molecule has 1 aromatic rings. The van der Waals surface area contributed by atoms with Gasteiger partial charge in [-0.15, -0.1) is 0 Å². The molecule has 8 heteroatoms. The molecule has 0 aromatic heterocycles. The SMILES string of the molecule is Nc1cc(Cl)cc(S(=O)(=O)N2CCCC2CO)c1Br. The van der Waals surface area contributed by atoms with Crippen molar-refractivity contribution in [1.29, 1.82) is 0 Å². The van der Waals surface area contributed by atoms with Crippen LogP contribution in [0.15, 0.2) is 21.5 Å². The first-order valence-corrected chi connectivity index (χ1v) is 8.36. The lowest BCUT2D eigenvalue weighted by molar-refractivity contribution is 0.213. The Hall–Kier alpha value is -0.340. The molecule has 1 aliphatic heterocycles. The third-order valence-corrected chi connectivity index (χ3v) is 6.49. The van der Waals surface area contributed by atoms with E-state index in [2.05, 4.69) is 15.9 Å². The lowest BCUT2D eigenvalue weighted by atomic mass is 10.2. The number of nitrogen functional groups attached to an aromatic ring is 1. The molecule has 0 bridgehead atoms. The Morgan fingerprint density at radius 2 is 2.21 bits per heavy atom. The number of aliphatic hydroxyl groups excluding tert-OH is 1. The van der Waals surface area contributed by atoms with Crippen molar-refractivity contribution in [1.82, 2.24) is 4.31 Å². The lowest BCUT2D eigenvalue weighted by Crippen LogP contribution is -2.37. The number of nitrogens with zero attached hydrogens (tertiary/aromatic N) is 1. The van der Waals surface area contributed by atoms with Crippen LogP contribution in [0.25, 0.3) is 0 Å². The summed E-state index contributed by atoms with van der Waals surface area (Å²) in [6, 6.07) is 2.47. The summed E-state index contributed by atoms with van der Waals surface area (Å²) in [7, 11) is -3.71. The first-order chi connectivity index (χ1) is 8.87. The van der Waals surface area contributed by atoms with Crippen molar-refractivity contribution in [3.8, 4) is 0 Å². The van der Waals surface area contributed by atoms with Gasteiger partial charge in [0.15, 0.2) is 0 Å². The molecule has 1 atom stereocenters. The van der Waals surface area contributed by atoms with Crippen LogP contribution in [-0.2, 0) is 10.0 Å². The molecule has 0 amide bonds. The number of anilines is 1. The number of rotatable bonds is 3. The highest BCUT2D eigenvalue weighted by molar-refractivity contribution is 9.10. The molecule has 2 rings (SSSR count). The third-order valence-electron chi connectivity index (χ3n) is 3.15. The summed E-state index contributed by atoms with van der Waals surface area (Å²) in [6.45, 7) is 0.208. The molecule has 1 fully saturated rings. The molecule has 1 aliphatic rings. The number of sulfonamides is 1. The molecule has 106 valence electrons. The van der Waals surface area contributed by atoms with Crippen molar-refractivity contribution in [3.05, 3.63) is 21.6 Å². The highest BCUT2D eigenvalue weighted by atomic mass is 79.9. The second kappa shape index (κ2) is 5.57. The zero-order valence-electron chi connectivity index (χ0n) is 10.0. The highest BCUT2D eigenvalue weighted by Crippen LogP contribution is 2.35. The quantitative estimate of drug-likeness (QED) is 0.796. The minimum Gasteiger partial charge on any atom is -0.398 e. The molecule has 19 heavy (non-hydrogen) atoms. The van der Waals surface area contributed by atoms with Gasteiger partial charge >= 0.3 is 0 Å². The molecule has 3 N–H and O–H groups in total. The minimum absolute atomic E-state index is 0.0397. The standard InChI is InChI=1S/C11H14BrClN2O3S/c12-11-9(14)4-7(13)5-10(11)19(17,18)15-3-1-2-8(15)6-16/h4-5,8,16H,1-3,6,14H2. The van der Waals surface area contributed by atoms with Gasteiger partial charge in [0.2, 0.25) is 10.0 Å². The molecular formula is C11H14BrClN2O3S. The van der Waals surface area contributed by atoms with E-state index in [0.29, 0.717) is 17.4 Å². The fourth-order valence-corrected chi connectivity index (χ4v) is 5.15. The lowest BCUT2D eigenvalue weighted by Gasteiger charge is -2.23. The largest absolute Gasteiger partial charge is 0.398 e. The minimum atomic E-state index is -3.71. The fraction of sp³-hybridized carbons (Fsp3) is 0.455. The van der Waals surface area contributed by atoms with Crippen LogP contribution in [0.3, 0.4) is 0 Å². The van der Waals surface area contributed by atoms with Crippen molar-refractivity contribution >= 4 is 43.2 Å². The van der Waals surface area contributed by atoms with Crippen LogP contribution in [0.4, 0.5) is 5.69 Å². The number of aliphatic hydroxyl groups is 1. The van der Waals surface area contributed by atoms with Crippen molar-refractivity contribution < 1.29 is 13.5 Å². The van der Waals surface area contributed by atoms with E-state index in [0.717, 1.165) is 6.42 Å². The summed E-state index contributed by atoms with van der Waals surface area (Å²) in [5.41, 5.74) is 5.99. The van der Waals surface area contributed by atoms with E-state index in [4.69, 9.17) is 17.3 Å². The van der Waals surface area contributed by atoms with Gasteiger partial charge in [-0.2, -0.15) is 4.31 Å². The second-order valence-electron chi connectivity index (χ2n) is 4.40. The highest BCUT2D eigenvalue weighted by Gasteiger charge is 2.36. The van der Waals surface area contributed by atoms with Gasteiger partial charge < -0.3 is 10.8 Å². The summed E-state index contributed by atoms with van der Waals surface area (Å²) >= 11 is 9.06. The van der Waals surface area contributed by atoms with Gasteiger partial charge in [-0.25, -0.2) is 8.42 Å². The molecule has 1 heterocycles. The number of hydrogen-bond donors (Lipinski definition) is 2. The Balaban J connectivity index is 2.51. The molecule has 0 saturated carbocycles. The predicted octanol–water partition coefficient (Wildman–Crippen LogP) is 1.83. The van der Waals surface area contributed by atoms with E-state index in [-0.39, 0.29) is 28.3 Å². The van der Waals surface area contributed by atoms with Gasteiger partial charge in [-0.05, 0) is 40.9 Å². The van der Waals surface area contributed by atoms with Crippen LogP contribution in [-0.4, -0.2) is 37.0 Å². The topological polar surface area (TPSA) is 83.6 Å². The Kier molecular flexibility index (Phi) is 4.42. The molecule has 0 radical (unpaired) electrons. The van der Waals surface area contributed by atoms with E-state index in [1.807, 2.05) is 0 Å². The monoisotopic (exact) mass is 368 g/mol. The maximum Gasteiger partial charge on any atom is 0.244 e. The summed E-state index contributed by atoms with van der Waals surface area (Å²) < 4.78 is 26.8. The van der Waals surface area contributed by atoms with Gasteiger partial charge in [0, 0.05) is 23.3 Å². The number of hydrogen-bond acceptors (Lipinski definition) is 4. The third kappa shape index (κ3) is 2.75. The van der Waals surface area contributed by atoms with E-state index in [1.165, 1.54) is 16.4 Å². The van der Waals surface area contributed by atoms with Crippen molar-refractivity contribution in [2.45, 2.75) is 23.8 Å². The zero-order chi connectivity index (χ0) is 14.2. The van der Waals surface area contributed by atoms with Crippen LogP contribution in [0.5, 0.6) is 0 Å². The number of benzene rings is 1. The Labute approximate surface area is 125 Å². The average Bonchev–Trinajstić information content (AvgIpc) is 2.82. The molecule has 5 nitrogen and oxygen atoms in total. The molecule has 1 saturated heterocycles. The fourth-order valence-electron chi connectivity index (χ4n) is 2.21. The van der Waals surface area contributed by atoms with Gasteiger partial charge in [0.25, 0.3) is 0 Å². The second-order valence-corrected chi connectivity index (χ2v) is 7.49. The number of nitrogens with two attached hydrogens (primary N) is 1. The zero-order valence-corrected chi connectivity index (χ0v) is 13.2. The van der Waals surface area contributed by atoms with E-state index >= 15 is 0 Å². The molecule has 0 aliphatic carbocycles. The Bertz CT molecular complexity index is 594. The van der Waals surface area contributed by atoms with E-state index < -0.39 is 10.0 Å². The van der Waals surface area contributed by atoms with Crippen LogP contribution in [0.2, 0.25) is 5.02 Å². The average molecular weight is 370 g/mol. The van der Waals surface area contributed by atoms with Crippen molar-refractivity contribution in [2.24, 2.45) is 0 Å². The van der Waals surface area contributed by atoms with E-state index in [9.17, 15) is 13.5 Å². The number of halogens is 2. The van der Waals surface area contributed by atoms with Crippen LogP contribution < -0.4 is 5.73 Å². The normalized spacial score (nSPS) is 20.9. The summed E-state index contributed by atoms with van der Waals surface area (Å²) in [6.07, 6.45) is 1.39. The summed E-state index contributed by atoms with van der Waals surface area (Å²) in [4.78, 5) is 0.0397. The maximum atomic E-state index is 12.6.